The van der Waals surface area contributed by atoms with E-state index >= 15 is 0 Å². The van der Waals surface area contributed by atoms with Gasteiger partial charge in [0.25, 0.3) is 5.91 Å². The predicted molar refractivity (Wildman–Crippen MR) is 188 cm³/mol. The van der Waals surface area contributed by atoms with Crippen LogP contribution in [0.3, 0.4) is 0 Å². The fourth-order valence-electron chi connectivity index (χ4n) is 5.78. The van der Waals surface area contributed by atoms with Crippen LogP contribution in [0.2, 0.25) is 0 Å². The highest BCUT2D eigenvalue weighted by atomic mass is 32.2. The molecule has 2 atom stereocenters. The minimum atomic E-state index is -3.63. The van der Waals surface area contributed by atoms with Gasteiger partial charge < -0.3 is 11.1 Å². The third-order valence-electron chi connectivity index (χ3n) is 8.34. The molecule has 1 aliphatic heterocycles. The van der Waals surface area contributed by atoms with E-state index in [1.165, 1.54) is 11.1 Å². The number of amides is 1. The molecule has 1 heterocycles. The summed E-state index contributed by atoms with van der Waals surface area (Å²) >= 11 is 0. The van der Waals surface area contributed by atoms with Gasteiger partial charge in [-0.15, -0.1) is 0 Å². The molecule has 9 heteroatoms. The molecule has 47 heavy (non-hydrogen) atoms. The maximum atomic E-state index is 13.5. The van der Waals surface area contributed by atoms with Gasteiger partial charge >= 0.3 is 0 Å². The molecule has 0 aromatic heterocycles. The molecule has 1 saturated heterocycles. The Morgan fingerprint density at radius 3 is 1.87 bits per heavy atom. The van der Waals surface area contributed by atoms with E-state index in [-0.39, 0.29) is 0 Å². The Labute approximate surface area is 277 Å². The van der Waals surface area contributed by atoms with Gasteiger partial charge in [-0.3, -0.25) is 19.4 Å². The van der Waals surface area contributed by atoms with Gasteiger partial charge in [0.2, 0.25) is 0 Å². The molecule has 8 nitrogen and oxygen atoms in total. The number of carbonyl (C=O) groups excluding carboxylic acids is 2. The second kappa shape index (κ2) is 15.9. The Kier molecular flexibility index (Phi) is 11.5. The van der Waals surface area contributed by atoms with Crippen molar-refractivity contribution < 1.29 is 18.0 Å². The van der Waals surface area contributed by atoms with Crippen LogP contribution in [-0.2, 0) is 27.7 Å². The fourth-order valence-corrected chi connectivity index (χ4v) is 6.48. The van der Waals surface area contributed by atoms with Crippen LogP contribution >= 0.6 is 0 Å². The molecule has 5 rings (SSSR count). The molecule has 0 saturated carbocycles. The lowest BCUT2D eigenvalue weighted by molar-refractivity contribution is -0.119. The van der Waals surface area contributed by atoms with Crippen LogP contribution in [-0.4, -0.2) is 74.1 Å². The summed E-state index contributed by atoms with van der Waals surface area (Å²) in [7, 11) is -3.63. The summed E-state index contributed by atoms with van der Waals surface area (Å²) in [5, 5.41) is 2.73. The number of piperazine rings is 1. The van der Waals surface area contributed by atoms with Crippen molar-refractivity contribution in [3.05, 3.63) is 143 Å². The average molecular weight is 651 g/mol. The van der Waals surface area contributed by atoms with E-state index in [9.17, 15) is 18.0 Å². The van der Waals surface area contributed by atoms with Crippen LogP contribution in [0.15, 0.2) is 109 Å². The Bertz CT molecular complexity index is 1770. The van der Waals surface area contributed by atoms with Gasteiger partial charge in [-0.05, 0) is 33.9 Å². The molecule has 4 aromatic rings. The number of ketones is 1. The van der Waals surface area contributed by atoms with Crippen LogP contribution in [0.1, 0.15) is 44.2 Å². The summed E-state index contributed by atoms with van der Waals surface area (Å²) in [4.78, 5) is 31.6. The third-order valence-corrected chi connectivity index (χ3v) is 9.15. The van der Waals surface area contributed by atoms with Gasteiger partial charge in [0.1, 0.15) is 11.8 Å². The molecule has 1 amide bonds. The molecule has 0 aliphatic carbocycles. The zero-order valence-corrected chi connectivity index (χ0v) is 27.5. The van der Waals surface area contributed by atoms with Gasteiger partial charge in [-0.25, -0.2) is 8.42 Å². The maximum absolute atomic E-state index is 13.5. The monoisotopic (exact) mass is 650 g/mol. The molecule has 0 bridgehead atoms. The summed E-state index contributed by atoms with van der Waals surface area (Å²) in [6.45, 7) is 6.05. The lowest BCUT2D eigenvalue weighted by atomic mass is 9.96. The van der Waals surface area contributed by atoms with E-state index in [1.54, 1.807) is 36.4 Å². The first kappa shape index (κ1) is 33.9. The number of hydrogen-bond donors (Lipinski definition) is 2. The van der Waals surface area contributed by atoms with Crippen molar-refractivity contribution in [3.63, 3.8) is 0 Å². The number of benzene rings is 4. The average Bonchev–Trinajstić information content (AvgIpc) is 3.07. The van der Waals surface area contributed by atoms with Crippen molar-refractivity contribution in [1.82, 2.24) is 15.1 Å². The molecule has 0 radical (unpaired) electrons. The van der Waals surface area contributed by atoms with E-state index in [2.05, 4.69) is 69.7 Å². The number of hydrogen-bond acceptors (Lipinski definition) is 7. The molecule has 1 unspecified atom stereocenters. The third kappa shape index (κ3) is 10.0. The summed E-state index contributed by atoms with van der Waals surface area (Å²) in [5.41, 5.74) is 11.6. The molecular weight excluding hydrogens is 609 g/mol. The number of nitrogens with two attached hydrogens (primary N) is 1. The fraction of sp³-hybridized carbons (Fsp3) is 0.263. The Hall–Kier alpha value is -4.41. The quantitative estimate of drug-likeness (QED) is 0.204. The standard InChI is InChI=1S/C38H42N4O4S/c1-47(45,46)28-35(43)37(36(39)33-13-6-3-7-14-33)40-38(44)34-15-9-8-12-32(34)21-20-29-16-18-31(19-17-29)27-42-24-22-41(23-25-42)26-30-10-4-2-5-11-30/h2-21,36-37H,22-28,39H2,1H3,(H,40,44)/t36-,37?/m1/s1. The van der Waals surface area contributed by atoms with Crippen LogP contribution < -0.4 is 11.1 Å². The molecule has 0 spiro atoms. The van der Waals surface area contributed by atoms with Crippen LogP contribution in [0.25, 0.3) is 12.2 Å². The van der Waals surface area contributed by atoms with E-state index in [0.29, 0.717) is 16.7 Å². The zero-order valence-electron chi connectivity index (χ0n) is 26.7. The first-order valence-corrected chi connectivity index (χ1v) is 17.9. The van der Waals surface area contributed by atoms with E-state index < -0.39 is 39.4 Å². The normalized spacial score (nSPS) is 15.7. The SMILES string of the molecule is CS(=O)(=O)CC(=O)C(NC(=O)c1ccccc1C=Cc1ccc(CN2CCN(Cc3ccccc3)CC2)cc1)[C@H](N)c1ccccc1. The Balaban J connectivity index is 1.21. The summed E-state index contributed by atoms with van der Waals surface area (Å²) in [5.74, 6) is -1.90. The number of rotatable bonds is 13. The van der Waals surface area contributed by atoms with E-state index in [1.807, 2.05) is 30.4 Å². The van der Waals surface area contributed by atoms with Gasteiger partial charge in [0.15, 0.2) is 15.6 Å². The van der Waals surface area contributed by atoms with Gasteiger partial charge in [-0.2, -0.15) is 0 Å². The van der Waals surface area contributed by atoms with E-state index in [0.717, 1.165) is 51.1 Å². The van der Waals surface area contributed by atoms with E-state index in [4.69, 9.17) is 5.73 Å². The highest BCUT2D eigenvalue weighted by molar-refractivity contribution is 7.91. The molecular formula is C38H42N4O4S. The summed E-state index contributed by atoms with van der Waals surface area (Å²) in [6, 6.07) is 32.8. The van der Waals surface area contributed by atoms with Gasteiger partial charge in [0.05, 0.1) is 6.04 Å². The number of carbonyl (C=O) groups is 2. The zero-order chi connectivity index (χ0) is 33.2. The molecule has 4 aromatic carbocycles. The first-order chi connectivity index (χ1) is 22.6. The van der Waals surface area contributed by atoms with Crippen molar-refractivity contribution in [2.24, 2.45) is 5.73 Å². The molecule has 244 valence electrons. The summed E-state index contributed by atoms with van der Waals surface area (Å²) in [6.07, 6.45) is 4.79. The minimum absolute atomic E-state index is 0.351. The topological polar surface area (TPSA) is 113 Å². The second-order valence-corrected chi connectivity index (χ2v) is 14.3. The number of nitrogens with zero attached hydrogens (tertiary/aromatic N) is 2. The van der Waals surface area contributed by atoms with Crippen molar-refractivity contribution in [1.29, 1.82) is 0 Å². The summed E-state index contributed by atoms with van der Waals surface area (Å²) < 4.78 is 23.9. The van der Waals surface area contributed by atoms with Crippen LogP contribution in [0, 0.1) is 0 Å². The van der Waals surface area contributed by atoms with Crippen LogP contribution in [0.5, 0.6) is 0 Å². The van der Waals surface area contributed by atoms with Crippen molar-refractivity contribution in [2.45, 2.75) is 25.2 Å². The molecule has 1 aliphatic rings. The highest BCUT2D eigenvalue weighted by Gasteiger charge is 2.31. The smallest absolute Gasteiger partial charge is 0.252 e. The maximum Gasteiger partial charge on any atom is 0.252 e. The lowest BCUT2D eigenvalue weighted by Crippen LogP contribution is -2.49. The van der Waals surface area contributed by atoms with Crippen molar-refractivity contribution in [2.75, 3.05) is 38.2 Å². The van der Waals surface area contributed by atoms with Crippen molar-refractivity contribution >= 4 is 33.7 Å². The van der Waals surface area contributed by atoms with Gasteiger partial charge in [0, 0.05) is 51.1 Å². The van der Waals surface area contributed by atoms with Crippen molar-refractivity contribution in [3.8, 4) is 0 Å². The highest BCUT2D eigenvalue weighted by Crippen LogP contribution is 2.19. The predicted octanol–water partition coefficient (Wildman–Crippen LogP) is 4.59. The largest absolute Gasteiger partial charge is 0.340 e. The Morgan fingerprint density at radius 2 is 1.28 bits per heavy atom. The van der Waals surface area contributed by atoms with Gasteiger partial charge in [-0.1, -0.05) is 115 Å². The molecule has 1 fully saturated rings. The number of sulfone groups is 1. The minimum Gasteiger partial charge on any atom is -0.340 e. The lowest BCUT2D eigenvalue weighted by Gasteiger charge is -2.34. The van der Waals surface area contributed by atoms with Crippen LogP contribution in [0.4, 0.5) is 0 Å². The first-order valence-electron chi connectivity index (χ1n) is 15.8. The Morgan fingerprint density at radius 1 is 0.745 bits per heavy atom. The number of Topliss-reactive ketones (excluding diaryl/α,β-unsaturated/α-hetero) is 1. The molecule has 3 N–H and O–H groups in total. The number of nitrogens with one attached hydrogen (secondary N) is 1. The second-order valence-electron chi connectivity index (χ2n) is 12.1.